The van der Waals surface area contributed by atoms with E-state index < -0.39 is 0 Å². The fourth-order valence-electron chi connectivity index (χ4n) is 1.65. The second kappa shape index (κ2) is 5.98. The number of aromatic nitrogens is 3. The van der Waals surface area contributed by atoms with Gasteiger partial charge in [-0.15, -0.1) is 0 Å². The molecule has 1 aromatic carbocycles. The van der Waals surface area contributed by atoms with Crippen molar-refractivity contribution in [3.63, 3.8) is 0 Å². The second-order valence-electron chi connectivity index (χ2n) is 3.67. The standard InChI is InChI=1S/C12H12Cl2N4/c1-2-8-5-3-4-6-9(8)7-15-12-17-10(13)16-11(14)18-12/h3-6H,2,7H2,1H3,(H,15,16,17,18). The highest BCUT2D eigenvalue weighted by Gasteiger charge is 2.04. The van der Waals surface area contributed by atoms with Gasteiger partial charge in [0, 0.05) is 6.54 Å². The van der Waals surface area contributed by atoms with Crippen LogP contribution in [0.2, 0.25) is 10.6 Å². The molecular formula is C12H12Cl2N4. The van der Waals surface area contributed by atoms with Gasteiger partial charge in [0.15, 0.2) is 0 Å². The van der Waals surface area contributed by atoms with E-state index in [0.29, 0.717) is 12.5 Å². The van der Waals surface area contributed by atoms with E-state index in [4.69, 9.17) is 23.2 Å². The molecule has 0 amide bonds. The van der Waals surface area contributed by atoms with Gasteiger partial charge in [-0.2, -0.15) is 15.0 Å². The average Bonchev–Trinajstić information content (AvgIpc) is 2.35. The van der Waals surface area contributed by atoms with Crippen molar-refractivity contribution in [3.05, 3.63) is 46.0 Å². The van der Waals surface area contributed by atoms with Gasteiger partial charge in [0.25, 0.3) is 0 Å². The normalized spacial score (nSPS) is 10.4. The minimum absolute atomic E-state index is 0.0845. The SMILES string of the molecule is CCc1ccccc1CNc1nc(Cl)nc(Cl)n1. The first-order chi connectivity index (χ1) is 8.69. The van der Waals surface area contributed by atoms with Gasteiger partial charge in [-0.05, 0) is 40.7 Å². The second-order valence-corrected chi connectivity index (χ2v) is 4.35. The highest BCUT2D eigenvalue weighted by molar-refractivity contribution is 6.31. The lowest BCUT2D eigenvalue weighted by atomic mass is 10.1. The number of nitrogens with one attached hydrogen (secondary N) is 1. The van der Waals surface area contributed by atoms with Gasteiger partial charge in [0.1, 0.15) is 0 Å². The molecular weight excluding hydrogens is 271 g/mol. The first-order valence-electron chi connectivity index (χ1n) is 5.56. The van der Waals surface area contributed by atoms with Gasteiger partial charge >= 0.3 is 0 Å². The van der Waals surface area contributed by atoms with Crippen LogP contribution in [-0.2, 0) is 13.0 Å². The molecule has 18 heavy (non-hydrogen) atoms. The summed E-state index contributed by atoms with van der Waals surface area (Å²) in [5.41, 5.74) is 2.49. The maximum Gasteiger partial charge on any atom is 0.228 e. The molecule has 0 radical (unpaired) electrons. The van der Waals surface area contributed by atoms with Crippen LogP contribution in [0.5, 0.6) is 0 Å². The van der Waals surface area contributed by atoms with Crippen molar-refractivity contribution >= 4 is 29.2 Å². The number of halogens is 2. The number of benzene rings is 1. The molecule has 0 aliphatic rings. The van der Waals surface area contributed by atoms with E-state index in [1.54, 1.807) is 0 Å². The zero-order valence-electron chi connectivity index (χ0n) is 9.82. The first kappa shape index (κ1) is 13.1. The van der Waals surface area contributed by atoms with Crippen LogP contribution in [-0.4, -0.2) is 15.0 Å². The smallest absolute Gasteiger partial charge is 0.228 e. The minimum atomic E-state index is 0.0845. The summed E-state index contributed by atoms with van der Waals surface area (Å²) in [6.07, 6.45) is 0.983. The molecule has 0 saturated carbocycles. The van der Waals surface area contributed by atoms with E-state index in [1.807, 2.05) is 12.1 Å². The quantitative estimate of drug-likeness (QED) is 0.934. The van der Waals surface area contributed by atoms with Gasteiger partial charge in [0.05, 0.1) is 0 Å². The Morgan fingerprint density at radius 2 is 1.61 bits per heavy atom. The number of hydrogen-bond acceptors (Lipinski definition) is 4. The molecule has 4 nitrogen and oxygen atoms in total. The highest BCUT2D eigenvalue weighted by atomic mass is 35.5. The summed E-state index contributed by atoms with van der Waals surface area (Å²) in [7, 11) is 0. The molecule has 0 fully saturated rings. The molecule has 0 spiro atoms. The van der Waals surface area contributed by atoms with E-state index in [2.05, 4.69) is 39.3 Å². The van der Waals surface area contributed by atoms with Crippen LogP contribution in [0.1, 0.15) is 18.1 Å². The largest absolute Gasteiger partial charge is 0.350 e. The summed E-state index contributed by atoms with van der Waals surface area (Å²) in [4.78, 5) is 11.6. The summed E-state index contributed by atoms with van der Waals surface area (Å²) in [5.74, 6) is 0.380. The fourth-order valence-corrected chi connectivity index (χ4v) is 2.02. The Kier molecular flexibility index (Phi) is 4.33. The number of hydrogen-bond donors (Lipinski definition) is 1. The predicted molar refractivity (Wildman–Crippen MR) is 73.0 cm³/mol. The van der Waals surface area contributed by atoms with Crippen LogP contribution in [0.3, 0.4) is 0 Å². The number of rotatable bonds is 4. The van der Waals surface area contributed by atoms with Crippen molar-refractivity contribution in [2.24, 2.45) is 0 Å². The predicted octanol–water partition coefficient (Wildman–Crippen LogP) is 3.35. The molecule has 1 N–H and O–H groups in total. The van der Waals surface area contributed by atoms with Crippen LogP contribution in [0.15, 0.2) is 24.3 Å². The summed E-state index contributed by atoms with van der Waals surface area (Å²) >= 11 is 11.4. The van der Waals surface area contributed by atoms with Gasteiger partial charge in [-0.3, -0.25) is 0 Å². The molecule has 0 bridgehead atoms. The van der Waals surface area contributed by atoms with Crippen molar-refractivity contribution < 1.29 is 0 Å². The van der Waals surface area contributed by atoms with Crippen molar-refractivity contribution in [2.75, 3.05) is 5.32 Å². The van der Waals surface area contributed by atoms with Crippen LogP contribution in [0.4, 0.5) is 5.95 Å². The van der Waals surface area contributed by atoms with Crippen LogP contribution < -0.4 is 5.32 Å². The Bertz CT molecular complexity index is 525. The van der Waals surface area contributed by atoms with E-state index >= 15 is 0 Å². The van der Waals surface area contributed by atoms with Crippen LogP contribution in [0.25, 0.3) is 0 Å². The van der Waals surface area contributed by atoms with Crippen LogP contribution >= 0.6 is 23.2 Å². The molecule has 0 aliphatic heterocycles. The van der Waals surface area contributed by atoms with E-state index in [-0.39, 0.29) is 10.6 Å². The highest BCUT2D eigenvalue weighted by Crippen LogP contribution is 2.13. The third kappa shape index (κ3) is 3.31. The zero-order chi connectivity index (χ0) is 13.0. The minimum Gasteiger partial charge on any atom is -0.350 e. The van der Waals surface area contributed by atoms with Gasteiger partial charge in [0.2, 0.25) is 16.5 Å². The van der Waals surface area contributed by atoms with Crippen molar-refractivity contribution in [1.29, 1.82) is 0 Å². The molecule has 1 aromatic heterocycles. The van der Waals surface area contributed by atoms with E-state index in [0.717, 1.165) is 6.42 Å². The summed E-state index contributed by atoms with van der Waals surface area (Å²) in [5, 5.41) is 3.26. The van der Waals surface area contributed by atoms with E-state index in [1.165, 1.54) is 11.1 Å². The third-order valence-electron chi connectivity index (χ3n) is 2.52. The maximum absolute atomic E-state index is 5.70. The molecule has 0 aliphatic carbocycles. The molecule has 0 saturated heterocycles. The number of anilines is 1. The average molecular weight is 283 g/mol. The fraction of sp³-hybridized carbons (Fsp3) is 0.250. The topological polar surface area (TPSA) is 50.7 Å². The molecule has 6 heteroatoms. The summed E-state index contributed by atoms with van der Waals surface area (Å²) < 4.78 is 0. The van der Waals surface area contributed by atoms with Crippen molar-refractivity contribution in [2.45, 2.75) is 19.9 Å². The summed E-state index contributed by atoms with van der Waals surface area (Å²) in [6.45, 7) is 2.75. The number of aryl methyl sites for hydroxylation is 1. The van der Waals surface area contributed by atoms with Crippen molar-refractivity contribution in [1.82, 2.24) is 15.0 Å². The molecule has 0 atom stereocenters. The Balaban J connectivity index is 2.11. The van der Waals surface area contributed by atoms with Crippen molar-refractivity contribution in [3.8, 4) is 0 Å². The molecule has 0 unspecified atom stereocenters. The lowest BCUT2D eigenvalue weighted by molar-refractivity contribution is 0.982. The summed E-state index contributed by atoms with van der Waals surface area (Å²) in [6, 6.07) is 8.20. The van der Waals surface area contributed by atoms with Gasteiger partial charge in [-0.1, -0.05) is 31.2 Å². The first-order valence-corrected chi connectivity index (χ1v) is 6.32. The number of nitrogens with zero attached hydrogens (tertiary/aromatic N) is 3. The molecule has 1 heterocycles. The molecule has 2 rings (SSSR count). The lowest BCUT2D eigenvalue weighted by Crippen LogP contribution is -2.06. The Morgan fingerprint density at radius 1 is 1.00 bits per heavy atom. The van der Waals surface area contributed by atoms with E-state index in [9.17, 15) is 0 Å². The van der Waals surface area contributed by atoms with Crippen LogP contribution in [0, 0.1) is 0 Å². The molecule has 2 aromatic rings. The Morgan fingerprint density at radius 3 is 2.22 bits per heavy atom. The molecule has 94 valence electrons. The Labute approximate surface area is 115 Å². The zero-order valence-corrected chi connectivity index (χ0v) is 11.3. The Hall–Kier alpha value is -1.39. The van der Waals surface area contributed by atoms with Gasteiger partial charge < -0.3 is 5.32 Å². The monoisotopic (exact) mass is 282 g/mol. The van der Waals surface area contributed by atoms with Gasteiger partial charge in [-0.25, -0.2) is 0 Å². The maximum atomic E-state index is 5.70. The lowest BCUT2D eigenvalue weighted by Gasteiger charge is -2.09. The third-order valence-corrected chi connectivity index (χ3v) is 2.86.